The summed E-state index contributed by atoms with van der Waals surface area (Å²) in [6, 6.07) is 10.2. The van der Waals surface area contributed by atoms with Crippen LogP contribution in [0.3, 0.4) is 0 Å². The Balaban J connectivity index is 2.13. The van der Waals surface area contributed by atoms with Gasteiger partial charge < -0.3 is 14.9 Å². The van der Waals surface area contributed by atoms with E-state index in [0.717, 1.165) is 31.5 Å². The van der Waals surface area contributed by atoms with Crippen LogP contribution in [0.5, 0.6) is 0 Å². The third-order valence-corrected chi connectivity index (χ3v) is 4.64. The second-order valence-corrected chi connectivity index (χ2v) is 6.14. The maximum atomic E-state index is 12.7. The molecule has 1 saturated heterocycles. The molecule has 4 heteroatoms. The average Bonchev–Trinajstić information content (AvgIpc) is 2.56. The normalized spacial score (nSPS) is 19.8. The lowest BCUT2D eigenvalue weighted by Gasteiger charge is -2.37. The van der Waals surface area contributed by atoms with Crippen LogP contribution < -0.4 is 4.90 Å². The highest BCUT2D eigenvalue weighted by molar-refractivity contribution is 5.82. The first kappa shape index (κ1) is 16.8. The van der Waals surface area contributed by atoms with Crippen LogP contribution in [0, 0.1) is 0 Å². The second-order valence-electron chi connectivity index (χ2n) is 6.14. The van der Waals surface area contributed by atoms with Gasteiger partial charge in [-0.25, -0.2) is 0 Å². The number of benzene rings is 1. The van der Waals surface area contributed by atoms with E-state index >= 15 is 0 Å². The number of aliphatic hydroxyl groups is 1. The Morgan fingerprint density at radius 1 is 1.36 bits per heavy atom. The first-order valence-electron chi connectivity index (χ1n) is 8.39. The topological polar surface area (TPSA) is 43.8 Å². The standard InChI is InChI=1S/C18H28N2O2/c1-3-16(14-21)20(17-10-5-4-6-11-17)13-18(22)19-12-8-7-9-15(19)2/h4-6,10-11,15-16,21H,3,7-9,12-14H2,1-2H3. The summed E-state index contributed by atoms with van der Waals surface area (Å²) in [5.74, 6) is 0.169. The number of hydrogen-bond donors (Lipinski definition) is 1. The van der Waals surface area contributed by atoms with Gasteiger partial charge in [0.05, 0.1) is 19.2 Å². The fourth-order valence-corrected chi connectivity index (χ4v) is 3.20. The molecule has 0 aromatic heterocycles. The van der Waals surface area contributed by atoms with Crippen molar-refractivity contribution in [3.63, 3.8) is 0 Å². The summed E-state index contributed by atoms with van der Waals surface area (Å²) in [4.78, 5) is 16.8. The molecule has 1 aromatic rings. The molecule has 2 unspecified atom stereocenters. The van der Waals surface area contributed by atoms with Crippen LogP contribution in [-0.4, -0.2) is 47.7 Å². The van der Waals surface area contributed by atoms with Gasteiger partial charge in [-0.1, -0.05) is 25.1 Å². The number of amides is 1. The molecular weight excluding hydrogens is 276 g/mol. The maximum Gasteiger partial charge on any atom is 0.242 e. The van der Waals surface area contributed by atoms with E-state index in [-0.39, 0.29) is 18.6 Å². The number of hydrogen-bond acceptors (Lipinski definition) is 3. The van der Waals surface area contributed by atoms with Gasteiger partial charge in [0, 0.05) is 18.3 Å². The number of nitrogens with zero attached hydrogens (tertiary/aromatic N) is 2. The van der Waals surface area contributed by atoms with Crippen molar-refractivity contribution in [2.24, 2.45) is 0 Å². The van der Waals surface area contributed by atoms with Crippen LogP contribution in [0.1, 0.15) is 39.5 Å². The van der Waals surface area contributed by atoms with Crippen molar-refractivity contribution in [3.05, 3.63) is 30.3 Å². The lowest BCUT2D eigenvalue weighted by molar-refractivity contribution is -0.133. The largest absolute Gasteiger partial charge is 0.394 e. The lowest BCUT2D eigenvalue weighted by Crippen LogP contribution is -2.50. The molecule has 1 fully saturated rings. The molecule has 22 heavy (non-hydrogen) atoms. The smallest absolute Gasteiger partial charge is 0.242 e. The van der Waals surface area contributed by atoms with E-state index < -0.39 is 0 Å². The fraction of sp³-hybridized carbons (Fsp3) is 0.611. The summed E-state index contributed by atoms with van der Waals surface area (Å²) in [5, 5.41) is 9.67. The van der Waals surface area contributed by atoms with Gasteiger partial charge in [-0.05, 0) is 44.7 Å². The summed E-state index contributed by atoms with van der Waals surface area (Å²) in [5.41, 5.74) is 1.00. The molecule has 0 bridgehead atoms. The Labute approximate surface area is 133 Å². The minimum Gasteiger partial charge on any atom is -0.394 e. The van der Waals surface area contributed by atoms with Gasteiger partial charge in [0.15, 0.2) is 0 Å². The van der Waals surface area contributed by atoms with Crippen molar-refractivity contribution in [2.75, 3.05) is 24.6 Å². The van der Waals surface area contributed by atoms with E-state index in [0.29, 0.717) is 12.6 Å². The zero-order chi connectivity index (χ0) is 15.9. The van der Waals surface area contributed by atoms with Crippen LogP contribution in [0.4, 0.5) is 5.69 Å². The molecule has 0 saturated carbocycles. The number of likely N-dealkylation sites (tertiary alicyclic amines) is 1. The molecule has 1 amide bonds. The Morgan fingerprint density at radius 3 is 2.68 bits per heavy atom. The molecular formula is C18H28N2O2. The monoisotopic (exact) mass is 304 g/mol. The summed E-state index contributed by atoms with van der Waals surface area (Å²) in [7, 11) is 0. The van der Waals surface area contributed by atoms with E-state index in [1.165, 1.54) is 6.42 Å². The minimum atomic E-state index is -0.0218. The molecule has 122 valence electrons. The molecule has 1 heterocycles. The van der Waals surface area contributed by atoms with Crippen molar-refractivity contribution in [1.29, 1.82) is 0 Å². The molecule has 1 aliphatic rings. The van der Waals surface area contributed by atoms with Crippen molar-refractivity contribution in [3.8, 4) is 0 Å². The summed E-state index contributed by atoms with van der Waals surface area (Å²) >= 11 is 0. The van der Waals surface area contributed by atoms with Gasteiger partial charge in [0.2, 0.25) is 5.91 Å². The van der Waals surface area contributed by atoms with E-state index in [4.69, 9.17) is 0 Å². The van der Waals surface area contributed by atoms with Crippen LogP contribution in [0.15, 0.2) is 30.3 Å². The number of aliphatic hydroxyl groups excluding tert-OH is 1. The Kier molecular flexibility index (Phi) is 6.25. The molecule has 4 nitrogen and oxygen atoms in total. The van der Waals surface area contributed by atoms with Gasteiger partial charge >= 0.3 is 0 Å². The predicted molar refractivity (Wildman–Crippen MR) is 90.0 cm³/mol. The van der Waals surface area contributed by atoms with E-state index in [1.54, 1.807) is 0 Å². The van der Waals surface area contributed by atoms with Gasteiger partial charge in [-0.3, -0.25) is 4.79 Å². The number of anilines is 1. The Hall–Kier alpha value is -1.55. The Morgan fingerprint density at radius 2 is 2.09 bits per heavy atom. The highest BCUT2D eigenvalue weighted by Gasteiger charge is 2.27. The quantitative estimate of drug-likeness (QED) is 0.879. The molecule has 0 aliphatic carbocycles. The van der Waals surface area contributed by atoms with Crippen molar-refractivity contribution < 1.29 is 9.90 Å². The average molecular weight is 304 g/mol. The van der Waals surface area contributed by atoms with Crippen molar-refractivity contribution in [1.82, 2.24) is 4.90 Å². The van der Waals surface area contributed by atoms with Gasteiger partial charge in [-0.2, -0.15) is 0 Å². The SMILES string of the molecule is CCC(CO)N(CC(=O)N1CCCCC1C)c1ccccc1. The molecule has 0 spiro atoms. The molecule has 2 atom stereocenters. The van der Waals surface area contributed by atoms with Crippen molar-refractivity contribution in [2.45, 2.75) is 51.6 Å². The third kappa shape index (κ3) is 4.01. The molecule has 1 aliphatic heterocycles. The zero-order valence-electron chi connectivity index (χ0n) is 13.7. The summed E-state index contributed by atoms with van der Waals surface area (Å²) < 4.78 is 0. The van der Waals surface area contributed by atoms with Gasteiger partial charge in [0.1, 0.15) is 0 Å². The summed E-state index contributed by atoms with van der Waals surface area (Å²) in [6.07, 6.45) is 4.21. The fourth-order valence-electron chi connectivity index (χ4n) is 3.20. The molecule has 0 radical (unpaired) electrons. The highest BCUT2D eigenvalue weighted by atomic mass is 16.3. The van der Waals surface area contributed by atoms with Crippen LogP contribution >= 0.6 is 0 Å². The number of carbonyl (C=O) groups excluding carboxylic acids is 1. The molecule has 2 rings (SSSR count). The molecule has 1 aromatic carbocycles. The van der Waals surface area contributed by atoms with Gasteiger partial charge in [0.25, 0.3) is 0 Å². The van der Waals surface area contributed by atoms with E-state index in [1.807, 2.05) is 47.1 Å². The number of rotatable bonds is 6. The first-order valence-corrected chi connectivity index (χ1v) is 8.39. The highest BCUT2D eigenvalue weighted by Crippen LogP contribution is 2.21. The van der Waals surface area contributed by atoms with Crippen LogP contribution in [0.25, 0.3) is 0 Å². The lowest BCUT2D eigenvalue weighted by atomic mass is 10.0. The van der Waals surface area contributed by atoms with E-state index in [9.17, 15) is 9.90 Å². The Bertz CT molecular complexity index is 459. The third-order valence-electron chi connectivity index (χ3n) is 4.64. The van der Waals surface area contributed by atoms with Gasteiger partial charge in [-0.15, -0.1) is 0 Å². The van der Waals surface area contributed by atoms with Crippen LogP contribution in [-0.2, 0) is 4.79 Å². The number of piperidine rings is 1. The first-order chi connectivity index (χ1) is 10.7. The number of para-hydroxylation sites is 1. The van der Waals surface area contributed by atoms with Crippen molar-refractivity contribution >= 4 is 11.6 Å². The zero-order valence-corrected chi connectivity index (χ0v) is 13.7. The van der Waals surface area contributed by atoms with E-state index in [2.05, 4.69) is 6.92 Å². The molecule has 1 N–H and O–H groups in total. The summed E-state index contributed by atoms with van der Waals surface area (Å²) in [6.45, 7) is 5.44. The second kappa shape index (κ2) is 8.18. The number of carbonyl (C=O) groups is 1. The minimum absolute atomic E-state index is 0.0218. The predicted octanol–water partition coefficient (Wildman–Crippen LogP) is 2.66. The van der Waals surface area contributed by atoms with Crippen LogP contribution in [0.2, 0.25) is 0 Å². The maximum absolute atomic E-state index is 12.7.